The summed E-state index contributed by atoms with van der Waals surface area (Å²) in [5.74, 6) is 0.507. The van der Waals surface area contributed by atoms with E-state index in [1.165, 1.54) is 5.56 Å². The molecular weight excluding hydrogens is 222 g/mol. The third-order valence-electron chi connectivity index (χ3n) is 2.57. The van der Waals surface area contributed by atoms with Crippen LogP contribution in [0, 0.1) is 5.92 Å². The Hall–Kier alpha value is -0.570. The second kappa shape index (κ2) is 6.89. The average molecular weight is 242 g/mol. The molecule has 3 heteroatoms. The number of nitrogens with two attached hydrogens (primary N) is 1. The van der Waals surface area contributed by atoms with Crippen LogP contribution in [0.1, 0.15) is 18.9 Å². The van der Waals surface area contributed by atoms with Gasteiger partial charge in [-0.25, -0.2) is 0 Å². The molecule has 0 heterocycles. The lowest BCUT2D eigenvalue weighted by Crippen LogP contribution is -2.26. The van der Waals surface area contributed by atoms with Crippen LogP contribution >= 0.6 is 11.6 Å². The minimum Gasteiger partial charge on any atom is -0.384 e. The summed E-state index contributed by atoms with van der Waals surface area (Å²) in [5, 5.41) is 0.769. The molecule has 0 aromatic heterocycles. The first-order chi connectivity index (χ1) is 7.61. The summed E-state index contributed by atoms with van der Waals surface area (Å²) in [6.07, 6.45) is 1.88. The van der Waals surface area contributed by atoms with Crippen molar-refractivity contribution in [2.45, 2.75) is 25.8 Å². The summed E-state index contributed by atoms with van der Waals surface area (Å²) in [4.78, 5) is 0. The number of ether oxygens (including phenoxy) is 1. The van der Waals surface area contributed by atoms with Crippen LogP contribution in [0.15, 0.2) is 24.3 Å². The summed E-state index contributed by atoms with van der Waals surface area (Å²) in [7, 11) is 1.72. The summed E-state index contributed by atoms with van der Waals surface area (Å²) in [5.41, 5.74) is 7.32. The van der Waals surface area contributed by atoms with Crippen molar-refractivity contribution in [3.8, 4) is 0 Å². The Balaban J connectivity index is 2.39. The highest BCUT2D eigenvalue weighted by molar-refractivity contribution is 6.30. The van der Waals surface area contributed by atoms with Gasteiger partial charge < -0.3 is 10.5 Å². The Kier molecular flexibility index (Phi) is 5.81. The lowest BCUT2D eigenvalue weighted by molar-refractivity contribution is 0.152. The summed E-state index contributed by atoms with van der Waals surface area (Å²) in [6, 6.07) is 8.06. The molecule has 90 valence electrons. The molecule has 1 aromatic carbocycles. The second-order valence-corrected chi connectivity index (χ2v) is 4.82. The first kappa shape index (κ1) is 13.5. The molecule has 0 aliphatic carbocycles. The van der Waals surface area contributed by atoms with E-state index in [1.807, 2.05) is 24.3 Å². The van der Waals surface area contributed by atoms with Crippen molar-refractivity contribution in [1.82, 2.24) is 0 Å². The van der Waals surface area contributed by atoms with Gasteiger partial charge in [0.05, 0.1) is 0 Å². The lowest BCUT2D eigenvalue weighted by atomic mass is 9.97. The number of benzene rings is 1. The normalized spacial score (nSPS) is 14.8. The van der Waals surface area contributed by atoms with Crippen LogP contribution in [-0.2, 0) is 11.2 Å². The van der Waals surface area contributed by atoms with E-state index in [9.17, 15) is 0 Å². The monoisotopic (exact) mass is 241 g/mol. The Morgan fingerprint density at radius 2 is 1.94 bits per heavy atom. The maximum absolute atomic E-state index is 6.09. The van der Waals surface area contributed by atoms with Crippen molar-refractivity contribution in [3.05, 3.63) is 34.9 Å². The minimum absolute atomic E-state index is 0.186. The number of hydrogen-bond donors (Lipinski definition) is 1. The minimum atomic E-state index is 0.186. The van der Waals surface area contributed by atoms with Crippen LogP contribution in [0.3, 0.4) is 0 Å². The van der Waals surface area contributed by atoms with Gasteiger partial charge in [-0.05, 0) is 36.5 Å². The zero-order valence-corrected chi connectivity index (χ0v) is 10.7. The van der Waals surface area contributed by atoms with Crippen molar-refractivity contribution >= 4 is 11.6 Å². The molecule has 2 atom stereocenters. The SMILES string of the molecule is COCC(C)CC(N)Cc1ccc(Cl)cc1. The fraction of sp³-hybridized carbons (Fsp3) is 0.538. The predicted molar refractivity (Wildman–Crippen MR) is 68.8 cm³/mol. The highest BCUT2D eigenvalue weighted by atomic mass is 35.5. The first-order valence-corrected chi connectivity index (χ1v) is 5.98. The second-order valence-electron chi connectivity index (χ2n) is 4.39. The molecule has 0 bridgehead atoms. The summed E-state index contributed by atoms with van der Waals surface area (Å²) >= 11 is 5.83. The number of halogens is 1. The van der Waals surface area contributed by atoms with Crippen LogP contribution in [0.25, 0.3) is 0 Å². The van der Waals surface area contributed by atoms with Gasteiger partial charge in [0.1, 0.15) is 0 Å². The molecule has 16 heavy (non-hydrogen) atoms. The van der Waals surface area contributed by atoms with E-state index in [0.717, 1.165) is 24.5 Å². The van der Waals surface area contributed by atoms with Crippen LogP contribution in [0.2, 0.25) is 5.02 Å². The highest BCUT2D eigenvalue weighted by Gasteiger charge is 2.09. The number of rotatable bonds is 6. The third-order valence-corrected chi connectivity index (χ3v) is 2.82. The van der Waals surface area contributed by atoms with Crippen molar-refractivity contribution < 1.29 is 4.74 Å². The number of hydrogen-bond acceptors (Lipinski definition) is 2. The van der Waals surface area contributed by atoms with Gasteiger partial charge in [-0.2, -0.15) is 0 Å². The van der Waals surface area contributed by atoms with E-state index >= 15 is 0 Å². The van der Waals surface area contributed by atoms with E-state index in [1.54, 1.807) is 7.11 Å². The van der Waals surface area contributed by atoms with Crippen molar-refractivity contribution in [2.75, 3.05) is 13.7 Å². The Morgan fingerprint density at radius 1 is 1.31 bits per heavy atom. The molecule has 1 rings (SSSR count). The smallest absolute Gasteiger partial charge is 0.0488 e. The molecule has 0 saturated heterocycles. The van der Waals surface area contributed by atoms with Gasteiger partial charge >= 0.3 is 0 Å². The molecular formula is C13H20ClNO. The van der Waals surface area contributed by atoms with E-state index in [2.05, 4.69) is 6.92 Å². The molecule has 2 N–H and O–H groups in total. The standard InChI is InChI=1S/C13H20ClNO/c1-10(9-16-2)7-13(15)8-11-3-5-12(14)6-4-11/h3-6,10,13H,7-9,15H2,1-2H3. The van der Waals surface area contributed by atoms with E-state index < -0.39 is 0 Å². The lowest BCUT2D eigenvalue weighted by Gasteiger charge is -2.16. The van der Waals surface area contributed by atoms with Gasteiger partial charge in [0.2, 0.25) is 0 Å². The first-order valence-electron chi connectivity index (χ1n) is 5.60. The Bertz CT molecular complexity index is 299. The molecule has 2 unspecified atom stereocenters. The van der Waals surface area contributed by atoms with E-state index in [-0.39, 0.29) is 6.04 Å². The van der Waals surface area contributed by atoms with Gasteiger partial charge in [-0.15, -0.1) is 0 Å². The third kappa shape index (κ3) is 4.97. The summed E-state index contributed by atoms with van der Waals surface area (Å²) in [6.45, 7) is 2.93. The quantitative estimate of drug-likeness (QED) is 0.831. The predicted octanol–water partition coefficient (Wildman–Crippen LogP) is 2.88. The van der Waals surface area contributed by atoms with Gasteiger partial charge in [0.15, 0.2) is 0 Å². The van der Waals surface area contributed by atoms with Crippen LogP contribution in [-0.4, -0.2) is 19.8 Å². The highest BCUT2D eigenvalue weighted by Crippen LogP contribution is 2.13. The van der Waals surface area contributed by atoms with Crippen LogP contribution < -0.4 is 5.73 Å². The van der Waals surface area contributed by atoms with Gasteiger partial charge in [-0.3, -0.25) is 0 Å². The molecule has 0 fully saturated rings. The molecule has 0 amide bonds. The Labute approximate surface area is 103 Å². The zero-order chi connectivity index (χ0) is 12.0. The van der Waals surface area contributed by atoms with E-state index in [0.29, 0.717) is 5.92 Å². The molecule has 2 nitrogen and oxygen atoms in total. The molecule has 0 aliphatic rings. The van der Waals surface area contributed by atoms with Crippen molar-refractivity contribution in [2.24, 2.45) is 11.7 Å². The largest absolute Gasteiger partial charge is 0.384 e. The molecule has 0 radical (unpaired) electrons. The number of methoxy groups -OCH3 is 1. The van der Waals surface area contributed by atoms with Gasteiger partial charge in [0.25, 0.3) is 0 Å². The molecule has 0 aliphatic heterocycles. The maximum atomic E-state index is 6.09. The molecule has 1 aromatic rings. The van der Waals surface area contributed by atoms with Gasteiger partial charge in [-0.1, -0.05) is 30.7 Å². The van der Waals surface area contributed by atoms with Gasteiger partial charge in [0, 0.05) is 24.8 Å². The van der Waals surface area contributed by atoms with Crippen LogP contribution in [0.5, 0.6) is 0 Å². The average Bonchev–Trinajstić information content (AvgIpc) is 2.21. The fourth-order valence-electron chi connectivity index (χ4n) is 1.88. The summed E-state index contributed by atoms with van der Waals surface area (Å²) < 4.78 is 5.10. The van der Waals surface area contributed by atoms with Crippen molar-refractivity contribution in [3.63, 3.8) is 0 Å². The van der Waals surface area contributed by atoms with Crippen molar-refractivity contribution in [1.29, 1.82) is 0 Å². The zero-order valence-electron chi connectivity index (χ0n) is 9.95. The molecule has 0 spiro atoms. The van der Waals surface area contributed by atoms with Crippen LogP contribution in [0.4, 0.5) is 0 Å². The topological polar surface area (TPSA) is 35.2 Å². The maximum Gasteiger partial charge on any atom is 0.0488 e. The van der Waals surface area contributed by atoms with E-state index in [4.69, 9.17) is 22.1 Å². The fourth-order valence-corrected chi connectivity index (χ4v) is 2.00. The Morgan fingerprint density at radius 3 is 2.50 bits per heavy atom. The molecule has 0 saturated carbocycles.